The fourth-order valence-electron chi connectivity index (χ4n) is 3.53. The standard InChI is InChI=1S/C22H22F2N4O/c1-28(2)13-22(9-10-22)21(29)25-20-11-15-18(26-27-19(15)12-17(20)24)8-7-14-5-3-4-6-16(14)23/h3-8,11-12H,9-10,13H2,1-2H3,(H,25,29)(H,26,27). The number of nitrogens with zero attached hydrogens (tertiary/aromatic N) is 2. The highest BCUT2D eigenvalue weighted by molar-refractivity contribution is 6.00. The fourth-order valence-corrected chi connectivity index (χ4v) is 3.53. The normalized spacial score (nSPS) is 15.3. The second-order valence-corrected chi connectivity index (χ2v) is 7.81. The summed E-state index contributed by atoms with van der Waals surface area (Å²) in [4.78, 5) is 14.7. The highest BCUT2D eigenvalue weighted by Crippen LogP contribution is 2.47. The number of hydrogen-bond donors (Lipinski definition) is 2. The van der Waals surface area contributed by atoms with E-state index in [0.29, 0.717) is 28.7 Å². The van der Waals surface area contributed by atoms with Gasteiger partial charge in [0.25, 0.3) is 0 Å². The maximum Gasteiger partial charge on any atom is 0.231 e. The second-order valence-electron chi connectivity index (χ2n) is 7.81. The number of nitrogens with one attached hydrogen (secondary N) is 2. The topological polar surface area (TPSA) is 61.0 Å². The van der Waals surface area contributed by atoms with E-state index in [1.807, 2.05) is 19.0 Å². The molecule has 3 aromatic rings. The summed E-state index contributed by atoms with van der Waals surface area (Å²) in [5.74, 6) is -1.03. The van der Waals surface area contributed by atoms with E-state index in [9.17, 15) is 13.6 Å². The van der Waals surface area contributed by atoms with Gasteiger partial charge >= 0.3 is 0 Å². The van der Waals surface area contributed by atoms with Crippen molar-refractivity contribution in [1.29, 1.82) is 0 Å². The van der Waals surface area contributed by atoms with E-state index in [-0.39, 0.29) is 17.4 Å². The van der Waals surface area contributed by atoms with Crippen molar-refractivity contribution in [3.63, 3.8) is 0 Å². The number of carbonyl (C=O) groups is 1. The van der Waals surface area contributed by atoms with E-state index in [4.69, 9.17) is 0 Å². The minimum atomic E-state index is -0.528. The monoisotopic (exact) mass is 396 g/mol. The van der Waals surface area contributed by atoms with E-state index < -0.39 is 11.2 Å². The quantitative estimate of drug-likeness (QED) is 0.653. The van der Waals surface area contributed by atoms with Crippen LogP contribution in [0.5, 0.6) is 0 Å². The molecule has 1 saturated carbocycles. The van der Waals surface area contributed by atoms with Crippen LogP contribution in [0.2, 0.25) is 0 Å². The van der Waals surface area contributed by atoms with Crippen LogP contribution in [-0.4, -0.2) is 41.6 Å². The first kappa shape index (κ1) is 19.3. The predicted molar refractivity (Wildman–Crippen MR) is 110 cm³/mol. The number of amides is 1. The number of anilines is 1. The summed E-state index contributed by atoms with van der Waals surface area (Å²) in [5.41, 5.74) is 1.14. The molecule has 0 unspecified atom stereocenters. The Hall–Kier alpha value is -3.06. The third-order valence-electron chi connectivity index (χ3n) is 5.21. The summed E-state index contributed by atoms with van der Waals surface area (Å²) in [7, 11) is 3.83. The Bertz CT molecular complexity index is 1100. The molecule has 2 N–H and O–H groups in total. The lowest BCUT2D eigenvalue weighted by Gasteiger charge is -2.19. The van der Waals surface area contributed by atoms with Gasteiger partial charge in [0.15, 0.2) is 0 Å². The van der Waals surface area contributed by atoms with Gasteiger partial charge in [0.05, 0.1) is 22.3 Å². The molecule has 1 amide bonds. The molecule has 0 aliphatic heterocycles. The van der Waals surface area contributed by atoms with E-state index in [1.165, 1.54) is 12.1 Å². The summed E-state index contributed by atoms with van der Waals surface area (Å²) in [5, 5.41) is 10.3. The SMILES string of the molecule is CN(C)CC1(C(=O)Nc2cc3c(C=Cc4ccccc4F)n[nH]c3cc2F)CC1. The third kappa shape index (κ3) is 3.91. The molecule has 29 heavy (non-hydrogen) atoms. The number of aromatic nitrogens is 2. The summed E-state index contributed by atoms with van der Waals surface area (Å²) in [6, 6.07) is 9.29. The first-order valence-corrected chi connectivity index (χ1v) is 9.44. The van der Waals surface area contributed by atoms with Crippen LogP contribution in [-0.2, 0) is 4.79 Å². The summed E-state index contributed by atoms with van der Waals surface area (Å²) in [6.45, 7) is 0.630. The van der Waals surface area contributed by atoms with Gasteiger partial charge in [0.2, 0.25) is 5.91 Å². The van der Waals surface area contributed by atoms with Crippen molar-refractivity contribution in [3.8, 4) is 0 Å². The zero-order valence-corrected chi connectivity index (χ0v) is 16.3. The number of benzene rings is 2. The van der Waals surface area contributed by atoms with Crippen molar-refractivity contribution in [2.24, 2.45) is 5.41 Å². The van der Waals surface area contributed by atoms with E-state index in [2.05, 4.69) is 15.5 Å². The molecular weight excluding hydrogens is 374 g/mol. The zero-order chi connectivity index (χ0) is 20.6. The molecule has 1 aromatic heterocycles. The summed E-state index contributed by atoms with van der Waals surface area (Å²) >= 11 is 0. The van der Waals surface area contributed by atoms with Crippen molar-refractivity contribution in [2.75, 3.05) is 26.0 Å². The molecule has 7 heteroatoms. The Kier molecular flexibility index (Phi) is 4.92. The van der Waals surface area contributed by atoms with Gasteiger partial charge in [-0.05, 0) is 51.2 Å². The largest absolute Gasteiger partial charge is 0.323 e. The molecule has 5 nitrogen and oxygen atoms in total. The maximum atomic E-state index is 14.5. The van der Waals surface area contributed by atoms with Gasteiger partial charge < -0.3 is 10.2 Å². The van der Waals surface area contributed by atoms with Crippen LogP contribution in [0.15, 0.2) is 36.4 Å². The highest BCUT2D eigenvalue weighted by atomic mass is 19.1. The predicted octanol–water partition coefficient (Wildman–Crippen LogP) is 4.29. The molecular formula is C22H22F2N4O. The van der Waals surface area contributed by atoms with Gasteiger partial charge in [-0.15, -0.1) is 0 Å². The Morgan fingerprint density at radius 2 is 1.97 bits per heavy atom. The van der Waals surface area contributed by atoms with Crippen LogP contribution in [0, 0.1) is 17.0 Å². The smallest absolute Gasteiger partial charge is 0.231 e. The average molecular weight is 396 g/mol. The van der Waals surface area contributed by atoms with Crippen molar-refractivity contribution < 1.29 is 13.6 Å². The molecule has 1 aliphatic carbocycles. The van der Waals surface area contributed by atoms with Gasteiger partial charge in [0.1, 0.15) is 11.6 Å². The lowest BCUT2D eigenvalue weighted by atomic mass is 10.1. The number of fused-ring (bicyclic) bond motifs is 1. The van der Waals surface area contributed by atoms with E-state index in [0.717, 1.165) is 12.8 Å². The molecule has 0 saturated heterocycles. The third-order valence-corrected chi connectivity index (χ3v) is 5.21. The Morgan fingerprint density at radius 3 is 2.66 bits per heavy atom. The van der Waals surface area contributed by atoms with Crippen molar-refractivity contribution in [3.05, 3.63) is 59.3 Å². The summed E-state index contributed by atoms with van der Waals surface area (Å²) in [6.07, 6.45) is 4.87. The molecule has 2 aromatic carbocycles. The molecule has 0 spiro atoms. The van der Waals surface area contributed by atoms with Gasteiger partial charge in [0, 0.05) is 23.6 Å². The molecule has 0 radical (unpaired) electrons. The number of aromatic amines is 1. The Balaban J connectivity index is 1.62. The first-order valence-electron chi connectivity index (χ1n) is 9.44. The number of rotatable bonds is 6. The van der Waals surface area contributed by atoms with Crippen molar-refractivity contribution in [2.45, 2.75) is 12.8 Å². The van der Waals surface area contributed by atoms with Crippen LogP contribution >= 0.6 is 0 Å². The zero-order valence-electron chi connectivity index (χ0n) is 16.3. The molecule has 4 rings (SSSR count). The number of H-pyrrole nitrogens is 1. The minimum Gasteiger partial charge on any atom is -0.323 e. The number of halogens is 2. The van der Waals surface area contributed by atoms with Gasteiger partial charge in [-0.25, -0.2) is 8.78 Å². The number of hydrogen-bond acceptors (Lipinski definition) is 3. The Labute approximate surface area is 167 Å². The minimum absolute atomic E-state index is 0.120. The van der Waals surface area contributed by atoms with Gasteiger partial charge in [-0.1, -0.05) is 18.2 Å². The van der Waals surface area contributed by atoms with Crippen LogP contribution in [0.25, 0.3) is 23.1 Å². The Morgan fingerprint density at radius 1 is 1.21 bits per heavy atom. The molecule has 0 bridgehead atoms. The summed E-state index contributed by atoms with van der Waals surface area (Å²) < 4.78 is 28.3. The van der Waals surface area contributed by atoms with Crippen LogP contribution in [0.4, 0.5) is 14.5 Å². The van der Waals surface area contributed by atoms with Gasteiger partial charge in [-0.2, -0.15) is 5.10 Å². The molecule has 1 aliphatic rings. The average Bonchev–Trinajstić information content (AvgIpc) is 3.35. The van der Waals surface area contributed by atoms with E-state index in [1.54, 1.807) is 36.4 Å². The van der Waals surface area contributed by atoms with Crippen LogP contribution < -0.4 is 5.32 Å². The second kappa shape index (κ2) is 7.40. The van der Waals surface area contributed by atoms with Crippen LogP contribution in [0.3, 0.4) is 0 Å². The highest BCUT2D eigenvalue weighted by Gasteiger charge is 2.50. The molecule has 1 heterocycles. The van der Waals surface area contributed by atoms with Crippen LogP contribution in [0.1, 0.15) is 24.1 Å². The fraction of sp³-hybridized carbons (Fsp3) is 0.273. The lowest BCUT2D eigenvalue weighted by Crippen LogP contribution is -2.33. The molecule has 0 atom stereocenters. The molecule has 150 valence electrons. The molecule has 1 fully saturated rings. The maximum absolute atomic E-state index is 14.5. The lowest BCUT2D eigenvalue weighted by molar-refractivity contribution is -0.121. The number of carbonyl (C=O) groups excluding carboxylic acids is 1. The first-order chi connectivity index (χ1) is 13.9. The van der Waals surface area contributed by atoms with E-state index >= 15 is 0 Å². The van der Waals surface area contributed by atoms with Crippen molar-refractivity contribution >= 4 is 34.6 Å². The van der Waals surface area contributed by atoms with Crippen molar-refractivity contribution in [1.82, 2.24) is 15.1 Å². The van der Waals surface area contributed by atoms with Gasteiger partial charge in [-0.3, -0.25) is 9.89 Å².